The number of aliphatic hydroxyl groups excluding tert-OH is 1. The highest BCUT2D eigenvalue weighted by molar-refractivity contribution is 5.82. The number of ether oxygens (including phenoxy) is 1. The van der Waals surface area contributed by atoms with E-state index in [1.807, 2.05) is 0 Å². The molecule has 1 amide bonds. The Kier molecular flexibility index (Phi) is 2.90. The summed E-state index contributed by atoms with van der Waals surface area (Å²) in [5.41, 5.74) is -0.709. The van der Waals surface area contributed by atoms with Gasteiger partial charge in [-0.3, -0.25) is 4.90 Å². The van der Waals surface area contributed by atoms with Crippen molar-refractivity contribution in [1.29, 1.82) is 0 Å². The van der Waals surface area contributed by atoms with Crippen LogP contribution in [0, 0.1) is 0 Å². The van der Waals surface area contributed by atoms with Crippen LogP contribution in [0.25, 0.3) is 0 Å². The Hall–Kier alpha value is -1.30. The van der Waals surface area contributed by atoms with Crippen molar-refractivity contribution in [2.75, 3.05) is 0 Å². The van der Waals surface area contributed by atoms with E-state index in [1.165, 1.54) is 0 Å². The van der Waals surface area contributed by atoms with Crippen molar-refractivity contribution < 1.29 is 24.5 Å². The van der Waals surface area contributed by atoms with E-state index in [0.717, 1.165) is 4.90 Å². The Morgan fingerprint density at radius 2 is 2.07 bits per heavy atom. The molecule has 2 N–H and O–H groups in total. The number of hydrogen-bond acceptors (Lipinski definition) is 4. The summed E-state index contributed by atoms with van der Waals surface area (Å²) in [6, 6.07) is -0.919. The molecule has 6 nitrogen and oxygen atoms in total. The van der Waals surface area contributed by atoms with Crippen molar-refractivity contribution in [3.05, 3.63) is 0 Å². The highest BCUT2D eigenvalue weighted by atomic mass is 16.6. The highest BCUT2D eigenvalue weighted by Gasteiger charge is 2.44. The minimum absolute atomic E-state index is 0.0115. The van der Waals surface area contributed by atoms with Gasteiger partial charge < -0.3 is 14.9 Å². The van der Waals surface area contributed by atoms with Crippen LogP contribution in [-0.2, 0) is 9.53 Å². The number of aliphatic hydroxyl groups is 1. The Labute approximate surface area is 87.4 Å². The minimum Gasteiger partial charge on any atom is -0.465 e. The summed E-state index contributed by atoms with van der Waals surface area (Å²) >= 11 is 0. The van der Waals surface area contributed by atoms with Gasteiger partial charge in [0, 0.05) is 12.0 Å². The van der Waals surface area contributed by atoms with Gasteiger partial charge in [-0.1, -0.05) is 0 Å². The fourth-order valence-electron chi connectivity index (χ4n) is 1.65. The molecule has 1 rings (SSSR count). The maximum Gasteiger partial charge on any atom is 0.408 e. The number of cyclic esters (lactones) is 1. The van der Waals surface area contributed by atoms with Crippen LogP contribution < -0.4 is 0 Å². The first-order chi connectivity index (χ1) is 6.73. The third-order valence-electron chi connectivity index (χ3n) is 2.19. The van der Waals surface area contributed by atoms with Gasteiger partial charge in [0.15, 0.2) is 0 Å². The van der Waals surface area contributed by atoms with Crippen LogP contribution in [0.2, 0.25) is 0 Å². The second-order valence-corrected chi connectivity index (χ2v) is 4.47. The van der Waals surface area contributed by atoms with Gasteiger partial charge >= 0.3 is 12.1 Å². The van der Waals surface area contributed by atoms with Gasteiger partial charge in [0.2, 0.25) is 6.29 Å². The maximum atomic E-state index is 11.3. The molecule has 0 aromatic carbocycles. The lowest BCUT2D eigenvalue weighted by atomic mass is 10.0. The monoisotopic (exact) mass is 217 g/mol. The molecule has 86 valence electrons. The van der Waals surface area contributed by atoms with Crippen LogP contribution in [0.1, 0.15) is 27.2 Å². The predicted octanol–water partition coefficient (Wildman–Crippen LogP) is 0.399. The third kappa shape index (κ3) is 2.38. The summed E-state index contributed by atoms with van der Waals surface area (Å²) in [6.07, 6.45) is -2.41. The summed E-state index contributed by atoms with van der Waals surface area (Å²) in [7, 11) is 0. The fraction of sp³-hybridized carbons (Fsp3) is 0.778. The first-order valence-corrected chi connectivity index (χ1v) is 4.64. The summed E-state index contributed by atoms with van der Waals surface area (Å²) in [5.74, 6) is -0.695. The average molecular weight is 217 g/mol. The van der Waals surface area contributed by atoms with E-state index in [-0.39, 0.29) is 6.42 Å². The second kappa shape index (κ2) is 3.69. The van der Waals surface area contributed by atoms with E-state index in [9.17, 15) is 9.59 Å². The van der Waals surface area contributed by atoms with Crippen molar-refractivity contribution in [2.24, 2.45) is 0 Å². The molecule has 1 aliphatic heterocycles. The van der Waals surface area contributed by atoms with E-state index >= 15 is 0 Å². The van der Waals surface area contributed by atoms with Crippen molar-refractivity contribution in [3.63, 3.8) is 0 Å². The molecule has 1 heterocycles. The Morgan fingerprint density at radius 3 is 2.33 bits per heavy atom. The number of hydrogen-bond donors (Lipinski definition) is 2. The number of rotatable bonds is 1. The zero-order valence-electron chi connectivity index (χ0n) is 8.93. The fourth-order valence-corrected chi connectivity index (χ4v) is 1.65. The van der Waals surface area contributed by atoms with Gasteiger partial charge in [0.1, 0.15) is 6.04 Å². The molecule has 15 heavy (non-hydrogen) atoms. The number of carbonyl (C=O) groups excluding carboxylic acids is 1. The number of esters is 1. The molecular weight excluding hydrogens is 202 g/mol. The predicted molar refractivity (Wildman–Crippen MR) is 50.1 cm³/mol. The van der Waals surface area contributed by atoms with Gasteiger partial charge in [0.05, 0.1) is 0 Å². The molecule has 1 aliphatic rings. The maximum absolute atomic E-state index is 11.3. The van der Waals surface area contributed by atoms with Gasteiger partial charge in [-0.2, -0.15) is 0 Å². The first-order valence-electron chi connectivity index (χ1n) is 4.64. The Balaban J connectivity index is 2.91. The summed E-state index contributed by atoms with van der Waals surface area (Å²) in [4.78, 5) is 23.3. The van der Waals surface area contributed by atoms with E-state index in [2.05, 4.69) is 4.74 Å². The van der Waals surface area contributed by atoms with Crippen molar-refractivity contribution in [2.45, 2.75) is 45.1 Å². The molecule has 1 fully saturated rings. The topological polar surface area (TPSA) is 87.1 Å². The van der Waals surface area contributed by atoms with Gasteiger partial charge in [-0.05, 0) is 20.8 Å². The minimum atomic E-state index is -1.20. The quantitative estimate of drug-likeness (QED) is 0.621. The third-order valence-corrected chi connectivity index (χ3v) is 2.19. The van der Waals surface area contributed by atoms with E-state index < -0.39 is 29.9 Å². The zero-order chi connectivity index (χ0) is 11.8. The largest absolute Gasteiger partial charge is 0.465 e. The summed E-state index contributed by atoms with van der Waals surface area (Å²) < 4.78 is 4.51. The number of amides is 1. The Bertz CT molecular complexity index is 283. The smallest absolute Gasteiger partial charge is 0.408 e. The lowest BCUT2D eigenvalue weighted by molar-refractivity contribution is -0.156. The zero-order valence-corrected chi connectivity index (χ0v) is 8.93. The highest BCUT2D eigenvalue weighted by Crippen LogP contribution is 2.25. The van der Waals surface area contributed by atoms with Crippen LogP contribution in [-0.4, -0.2) is 45.0 Å². The van der Waals surface area contributed by atoms with Crippen LogP contribution in [0.4, 0.5) is 4.79 Å². The molecule has 0 saturated carbocycles. The molecule has 1 saturated heterocycles. The van der Waals surface area contributed by atoms with Crippen molar-refractivity contribution >= 4 is 12.1 Å². The van der Waals surface area contributed by atoms with E-state index in [1.54, 1.807) is 20.8 Å². The van der Waals surface area contributed by atoms with Crippen LogP contribution in [0.15, 0.2) is 0 Å². The van der Waals surface area contributed by atoms with Gasteiger partial charge in [-0.25, -0.2) is 9.59 Å². The van der Waals surface area contributed by atoms with E-state index in [4.69, 9.17) is 10.2 Å². The molecule has 0 aliphatic carbocycles. The van der Waals surface area contributed by atoms with Crippen molar-refractivity contribution in [1.82, 2.24) is 4.90 Å². The SMILES string of the molecule is CC(C)(C)N(C(=O)O)C1C[C@H](O)OC1=O. The number of carboxylic acid groups (broad SMARTS) is 1. The molecule has 0 aromatic rings. The van der Waals surface area contributed by atoms with Crippen LogP contribution in [0.5, 0.6) is 0 Å². The molecule has 6 heteroatoms. The second-order valence-electron chi connectivity index (χ2n) is 4.47. The molecular formula is C9H15NO5. The normalized spacial score (nSPS) is 26.3. The molecule has 0 bridgehead atoms. The molecule has 0 spiro atoms. The summed E-state index contributed by atoms with van der Waals surface area (Å²) in [5, 5.41) is 18.1. The number of nitrogens with zero attached hydrogens (tertiary/aromatic N) is 1. The molecule has 2 atom stereocenters. The Morgan fingerprint density at radius 1 is 1.53 bits per heavy atom. The van der Waals surface area contributed by atoms with Gasteiger partial charge in [0.25, 0.3) is 0 Å². The van der Waals surface area contributed by atoms with Crippen LogP contribution >= 0.6 is 0 Å². The first kappa shape index (κ1) is 11.8. The average Bonchev–Trinajstić information content (AvgIpc) is 2.26. The number of carbonyl (C=O) groups is 2. The molecule has 1 unspecified atom stereocenters. The molecule has 0 radical (unpaired) electrons. The standard InChI is InChI=1S/C9H15NO5/c1-9(2,3)10(8(13)14)5-4-6(11)15-7(5)12/h5-6,11H,4H2,1-3H3,(H,13,14)/t5?,6-/m1/s1. The van der Waals surface area contributed by atoms with Crippen LogP contribution in [0.3, 0.4) is 0 Å². The summed E-state index contributed by atoms with van der Waals surface area (Å²) in [6.45, 7) is 5.04. The lowest BCUT2D eigenvalue weighted by Gasteiger charge is -2.35. The lowest BCUT2D eigenvalue weighted by Crippen LogP contribution is -2.52. The van der Waals surface area contributed by atoms with Gasteiger partial charge in [-0.15, -0.1) is 0 Å². The van der Waals surface area contributed by atoms with Crippen molar-refractivity contribution in [3.8, 4) is 0 Å². The van der Waals surface area contributed by atoms with E-state index in [0.29, 0.717) is 0 Å². The molecule has 0 aromatic heterocycles.